The van der Waals surface area contributed by atoms with Crippen molar-refractivity contribution < 1.29 is 9.13 Å². The molecule has 3 N–H and O–H groups in total. The van der Waals surface area contributed by atoms with Gasteiger partial charge in [0.25, 0.3) is 0 Å². The van der Waals surface area contributed by atoms with Gasteiger partial charge in [0.1, 0.15) is 11.6 Å². The number of pyridine rings is 1. The van der Waals surface area contributed by atoms with Gasteiger partial charge in [0.15, 0.2) is 0 Å². The van der Waals surface area contributed by atoms with Crippen molar-refractivity contribution in [3.63, 3.8) is 0 Å². The Kier molecular flexibility index (Phi) is 4.52. The number of anilines is 3. The van der Waals surface area contributed by atoms with E-state index >= 15 is 0 Å². The molecule has 0 atom stereocenters. The summed E-state index contributed by atoms with van der Waals surface area (Å²) in [5, 5.41) is 3.23. The van der Waals surface area contributed by atoms with Crippen LogP contribution in [0.25, 0.3) is 0 Å². The van der Waals surface area contributed by atoms with Crippen LogP contribution in [0, 0.1) is 5.82 Å². The molecule has 2 aromatic rings. The maximum absolute atomic E-state index is 13.1. The predicted molar refractivity (Wildman–Crippen MR) is 79.5 cm³/mol. The largest absolute Gasteiger partial charge is 0.476 e. The zero-order chi connectivity index (χ0) is 14.7. The van der Waals surface area contributed by atoms with Crippen LogP contribution in [-0.4, -0.2) is 11.6 Å². The SMILES string of the molecule is CCOc1nc(Nc2c(Cl)cc(F)cc2Cl)ccc1N. The van der Waals surface area contributed by atoms with Gasteiger partial charge in [-0.25, -0.2) is 4.39 Å². The van der Waals surface area contributed by atoms with E-state index in [9.17, 15) is 4.39 Å². The van der Waals surface area contributed by atoms with Gasteiger partial charge in [-0.05, 0) is 31.2 Å². The van der Waals surface area contributed by atoms with Crippen LogP contribution in [0.1, 0.15) is 6.92 Å². The van der Waals surface area contributed by atoms with Crippen molar-refractivity contribution in [2.75, 3.05) is 17.7 Å². The van der Waals surface area contributed by atoms with Crippen molar-refractivity contribution in [2.24, 2.45) is 0 Å². The van der Waals surface area contributed by atoms with Crippen molar-refractivity contribution in [1.82, 2.24) is 4.98 Å². The van der Waals surface area contributed by atoms with Crippen LogP contribution in [0.2, 0.25) is 10.0 Å². The summed E-state index contributed by atoms with van der Waals surface area (Å²) in [4.78, 5) is 4.19. The number of ether oxygens (including phenoxy) is 1. The van der Waals surface area contributed by atoms with E-state index in [4.69, 9.17) is 33.7 Å². The summed E-state index contributed by atoms with van der Waals surface area (Å²) in [5.74, 6) is 0.246. The lowest BCUT2D eigenvalue weighted by atomic mass is 10.3. The molecule has 0 fully saturated rings. The quantitative estimate of drug-likeness (QED) is 0.885. The van der Waals surface area contributed by atoms with Gasteiger partial charge in [-0.15, -0.1) is 0 Å². The Hall–Kier alpha value is -1.72. The van der Waals surface area contributed by atoms with Crippen LogP contribution in [0.3, 0.4) is 0 Å². The fourth-order valence-electron chi connectivity index (χ4n) is 1.56. The van der Waals surface area contributed by atoms with Gasteiger partial charge in [0.05, 0.1) is 28.0 Å². The summed E-state index contributed by atoms with van der Waals surface area (Å²) in [6.07, 6.45) is 0. The number of nitrogens with one attached hydrogen (secondary N) is 1. The molecule has 7 heteroatoms. The van der Waals surface area contributed by atoms with Crippen molar-refractivity contribution in [3.8, 4) is 5.88 Å². The van der Waals surface area contributed by atoms with Crippen LogP contribution in [0.5, 0.6) is 5.88 Å². The standard InChI is InChI=1S/C13H12Cl2FN3O/c1-2-20-13-10(17)3-4-11(19-13)18-12-8(14)5-7(16)6-9(12)15/h3-6H,2,17H2,1H3,(H,18,19). The van der Waals surface area contributed by atoms with Crippen LogP contribution in [0.4, 0.5) is 21.6 Å². The van der Waals surface area contributed by atoms with Gasteiger partial charge in [-0.2, -0.15) is 4.98 Å². The van der Waals surface area contributed by atoms with Gasteiger partial charge < -0.3 is 15.8 Å². The number of halogens is 3. The third kappa shape index (κ3) is 3.23. The third-order valence-corrected chi connectivity index (χ3v) is 3.03. The Labute approximate surface area is 125 Å². The molecule has 1 heterocycles. The van der Waals surface area contributed by atoms with Gasteiger partial charge in [0.2, 0.25) is 5.88 Å². The third-order valence-electron chi connectivity index (χ3n) is 2.43. The number of benzene rings is 1. The molecule has 0 aliphatic carbocycles. The number of hydrogen-bond acceptors (Lipinski definition) is 4. The molecule has 106 valence electrons. The van der Waals surface area contributed by atoms with Gasteiger partial charge in [-0.1, -0.05) is 23.2 Å². The Morgan fingerprint density at radius 1 is 1.30 bits per heavy atom. The van der Waals surface area contributed by atoms with Crippen LogP contribution < -0.4 is 15.8 Å². The first kappa shape index (κ1) is 14.7. The van der Waals surface area contributed by atoms with Gasteiger partial charge in [-0.3, -0.25) is 0 Å². The molecule has 2 rings (SSSR count). The van der Waals surface area contributed by atoms with Crippen LogP contribution >= 0.6 is 23.2 Å². The normalized spacial score (nSPS) is 10.4. The zero-order valence-corrected chi connectivity index (χ0v) is 12.1. The van der Waals surface area contributed by atoms with E-state index in [0.717, 1.165) is 12.1 Å². The molecule has 0 amide bonds. The summed E-state index contributed by atoms with van der Waals surface area (Å²) in [7, 11) is 0. The molecule has 4 nitrogen and oxygen atoms in total. The number of aromatic nitrogens is 1. The molecule has 0 aliphatic heterocycles. The Morgan fingerprint density at radius 2 is 1.95 bits per heavy atom. The number of nitrogens with zero attached hydrogens (tertiary/aromatic N) is 1. The van der Waals surface area contributed by atoms with Crippen molar-refractivity contribution in [2.45, 2.75) is 6.92 Å². The zero-order valence-electron chi connectivity index (χ0n) is 10.6. The summed E-state index contributed by atoms with van der Waals surface area (Å²) in [5.41, 5.74) is 6.53. The Morgan fingerprint density at radius 3 is 2.55 bits per heavy atom. The molecule has 1 aromatic heterocycles. The number of nitrogens with two attached hydrogens (primary N) is 1. The number of hydrogen-bond donors (Lipinski definition) is 2. The van der Waals surface area contributed by atoms with Crippen LogP contribution in [-0.2, 0) is 0 Å². The predicted octanol–water partition coefficient (Wildman–Crippen LogP) is 4.25. The molecule has 0 saturated carbocycles. The summed E-state index contributed by atoms with van der Waals surface area (Å²) < 4.78 is 18.4. The minimum Gasteiger partial charge on any atom is -0.476 e. The molecule has 1 aromatic carbocycles. The fraction of sp³-hybridized carbons (Fsp3) is 0.154. The fourth-order valence-corrected chi connectivity index (χ4v) is 2.12. The molecule has 20 heavy (non-hydrogen) atoms. The number of nitrogen functional groups attached to an aromatic ring is 1. The maximum Gasteiger partial charge on any atom is 0.239 e. The van der Waals surface area contributed by atoms with E-state index in [0.29, 0.717) is 29.7 Å². The van der Waals surface area contributed by atoms with E-state index in [1.165, 1.54) is 0 Å². The van der Waals surface area contributed by atoms with E-state index < -0.39 is 5.82 Å². The lowest BCUT2D eigenvalue weighted by Crippen LogP contribution is -2.02. The lowest BCUT2D eigenvalue weighted by molar-refractivity contribution is 0.329. The second-order valence-electron chi connectivity index (χ2n) is 3.89. The first-order chi connectivity index (χ1) is 9.51. The minimum absolute atomic E-state index is 0.159. The van der Waals surface area contributed by atoms with E-state index in [2.05, 4.69) is 10.3 Å². The molecular formula is C13H12Cl2FN3O. The van der Waals surface area contributed by atoms with Crippen LogP contribution in [0.15, 0.2) is 24.3 Å². The van der Waals surface area contributed by atoms with Crippen molar-refractivity contribution in [3.05, 3.63) is 40.1 Å². The molecule has 0 saturated heterocycles. The lowest BCUT2D eigenvalue weighted by Gasteiger charge is -2.12. The summed E-state index contributed by atoms with van der Waals surface area (Å²) in [6, 6.07) is 5.62. The van der Waals surface area contributed by atoms with Gasteiger partial charge >= 0.3 is 0 Å². The van der Waals surface area contributed by atoms with Gasteiger partial charge in [0, 0.05) is 0 Å². The van der Waals surface area contributed by atoms with E-state index in [-0.39, 0.29) is 10.0 Å². The highest BCUT2D eigenvalue weighted by Crippen LogP contribution is 2.34. The first-order valence-corrected chi connectivity index (χ1v) is 6.57. The highest BCUT2D eigenvalue weighted by atomic mass is 35.5. The summed E-state index contributed by atoms with van der Waals surface area (Å²) in [6.45, 7) is 2.27. The average molecular weight is 316 g/mol. The molecule has 0 radical (unpaired) electrons. The van der Waals surface area contributed by atoms with E-state index in [1.54, 1.807) is 12.1 Å². The van der Waals surface area contributed by atoms with Crippen molar-refractivity contribution in [1.29, 1.82) is 0 Å². The second kappa shape index (κ2) is 6.15. The Balaban J connectivity index is 2.33. The highest BCUT2D eigenvalue weighted by molar-refractivity contribution is 6.39. The maximum atomic E-state index is 13.1. The molecule has 0 spiro atoms. The molecule has 0 aliphatic rings. The topological polar surface area (TPSA) is 60.2 Å². The van der Waals surface area contributed by atoms with E-state index in [1.807, 2.05) is 6.92 Å². The number of rotatable bonds is 4. The summed E-state index contributed by atoms with van der Waals surface area (Å²) >= 11 is 11.9. The molecule has 0 unspecified atom stereocenters. The monoisotopic (exact) mass is 315 g/mol. The second-order valence-corrected chi connectivity index (χ2v) is 4.71. The minimum atomic E-state index is -0.508. The highest BCUT2D eigenvalue weighted by Gasteiger charge is 2.11. The average Bonchev–Trinajstić information content (AvgIpc) is 2.37. The molecular weight excluding hydrogens is 304 g/mol. The Bertz CT molecular complexity index is 614. The molecule has 0 bridgehead atoms. The first-order valence-electron chi connectivity index (χ1n) is 5.82. The van der Waals surface area contributed by atoms with Crippen molar-refractivity contribution >= 4 is 40.4 Å². The smallest absolute Gasteiger partial charge is 0.239 e.